The molecule has 2 rings (SSSR count). The monoisotopic (exact) mass is 477 g/mol. The van der Waals surface area contributed by atoms with Gasteiger partial charge in [-0.1, -0.05) is 73.8 Å². The Hall–Kier alpha value is -1.62. The molecule has 2 aromatic carbocycles. The minimum absolute atomic E-state index is 0.558. The summed E-state index contributed by atoms with van der Waals surface area (Å²) in [6.45, 7) is 12.0. The Bertz CT molecular complexity index is 697. The van der Waals surface area contributed by atoms with E-state index in [0.717, 1.165) is 48.4 Å². The first kappa shape index (κ1) is 30.4. The van der Waals surface area contributed by atoms with Gasteiger partial charge in [0.2, 0.25) is 0 Å². The highest BCUT2D eigenvalue weighted by Gasteiger charge is 1.99. The first-order valence-corrected chi connectivity index (χ1v) is 11.9. The van der Waals surface area contributed by atoms with Crippen LogP contribution in [-0.2, 0) is 11.8 Å². The van der Waals surface area contributed by atoms with E-state index in [4.69, 9.17) is 23.2 Å². The molecule has 0 N–H and O–H groups in total. The van der Waals surface area contributed by atoms with Crippen LogP contribution in [0.2, 0.25) is 0 Å². The molecule has 0 unspecified atom stereocenters. The summed E-state index contributed by atoms with van der Waals surface area (Å²) in [7, 11) is 10.6. The molecule has 0 saturated carbocycles. The van der Waals surface area contributed by atoms with E-state index in [-0.39, 0.29) is 0 Å². The van der Waals surface area contributed by atoms with Gasteiger partial charge >= 0.3 is 0 Å². The summed E-state index contributed by atoms with van der Waals surface area (Å²) in [5, 5.41) is 0. The molecule has 0 radical (unpaired) electrons. The van der Waals surface area contributed by atoms with Crippen molar-refractivity contribution in [2.24, 2.45) is 0 Å². The molecule has 0 aliphatic carbocycles. The number of hydrogen-bond acceptors (Lipinski definition) is 3. The minimum Gasteiger partial charge on any atom is -0.308 e. The summed E-state index contributed by atoms with van der Waals surface area (Å²) in [5.74, 6) is 1.12. The smallest absolute Gasteiger partial charge is 0.0479 e. The quantitative estimate of drug-likeness (QED) is 0.378. The van der Waals surface area contributed by atoms with Gasteiger partial charge in [-0.25, -0.2) is 0 Å². The molecule has 0 aliphatic rings. The molecule has 5 heteroatoms. The number of alkyl halides is 2. The average Bonchev–Trinajstić information content (AvgIpc) is 2.81. The second-order valence-corrected chi connectivity index (χ2v) is 8.52. The lowest BCUT2D eigenvalue weighted by Gasteiger charge is -2.20. The third-order valence-corrected chi connectivity index (χ3v) is 5.27. The van der Waals surface area contributed by atoms with E-state index >= 15 is 0 Å². The Morgan fingerprint density at radius 2 is 0.969 bits per heavy atom. The molecule has 3 nitrogen and oxygen atoms in total. The van der Waals surface area contributed by atoms with E-state index < -0.39 is 0 Å². The van der Waals surface area contributed by atoms with Crippen molar-refractivity contribution < 1.29 is 0 Å². The van der Waals surface area contributed by atoms with Gasteiger partial charge in [0.25, 0.3) is 0 Å². The van der Waals surface area contributed by atoms with E-state index in [1.165, 1.54) is 0 Å². The molecule has 178 valence electrons. The zero-order valence-electron chi connectivity index (χ0n) is 20.5. The van der Waals surface area contributed by atoms with Crippen molar-refractivity contribution >= 4 is 35.4 Å². The average molecular weight is 479 g/mol. The third kappa shape index (κ3) is 14.4. The molecule has 0 fully saturated rings. The van der Waals surface area contributed by atoms with Crippen LogP contribution in [-0.4, -0.2) is 76.1 Å². The Morgan fingerprint density at radius 1 is 0.625 bits per heavy atom. The maximum Gasteiger partial charge on any atom is 0.0479 e. The normalized spacial score (nSPS) is 10.3. The molecule has 0 spiro atoms. The zero-order valence-corrected chi connectivity index (χ0v) is 22.0. The summed E-state index contributed by atoms with van der Waals surface area (Å²) >= 11 is 11.3. The summed E-state index contributed by atoms with van der Waals surface area (Å²) in [5.41, 5.74) is 4.52. The SMILES string of the molecule is C=Cc1ccccc1CCl.C=Cc1ccccc1CCl.CN(C)CCN(C)CCN(C)C. The maximum atomic E-state index is 5.66. The lowest BCUT2D eigenvalue weighted by Crippen LogP contribution is -2.33. The summed E-state index contributed by atoms with van der Waals surface area (Å²) < 4.78 is 0. The van der Waals surface area contributed by atoms with Crippen molar-refractivity contribution in [2.45, 2.75) is 11.8 Å². The second-order valence-electron chi connectivity index (χ2n) is 7.98. The maximum absolute atomic E-state index is 5.66. The molecule has 0 amide bonds. The number of nitrogens with zero attached hydrogens (tertiary/aromatic N) is 3. The van der Waals surface area contributed by atoms with Crippen LogP contribution >= 0.6 is 23.2 Å². The molecule has 0 aliphatic heterocycles. The molecular weight excluding hydrogens is 437 g/mol. The number of halogens is 2. The van der Waals surface area contributed by atoms with Crippen LogP contribution in [0, 0.1) is 0 Å². The molecule has 0 saturated heterocycles. The van der Waals surface area contributed by atoms with E-state index in [0.29, 0.717) is 11.8 Å². The molecule has 0 aromatic heterocycles. The van der Waals surface area contributed by atoms with Crippen LogP contribution < -0.4 is 0 Å². The number of rotatable bonds is 10. The predicted octanol–water partition coefficient (Wildman–Crippen LogP) is 6.18. The van der Waals surface area contributed by atoms with Gasteiger partial charge in [0, 0.05) is 37.9 Å². The van der Waals surface area contributed by atoms with Gasteiger partial charge in [-0.15, -0.1) is 23.2 Å². The van der Waals surface area contributed by atoms with Crippen molar-refractivity contribution in [2.75, 3.05) is 61.4 Å². The first-order valence-electron chi connectivity index (χ1n) is 10.8. The van der Waals surface area contributed by atoms with Crippen molar-refractivity contribution in [3.05, 3.63) is 83.9 Å². The number of likely N-dealkylation sites (N-methyl/N-ethyl adjacent to an activating group) is 3. The lowest BCUT2D eigenvalue weighted by molar-refractivity contribution is 0.254. The van der Waals surface area contributed by atoms with E-state index in [9.17, 15) is 0 Å². The fourth-order valence-corrected chi connectivity index (χ4v) is 3.05. The Balaban J connectivity index is 0.000000452. The fourth-order valence-electron chi connectivity index (χ4n) is 2.56. The summed E-state index contributed by atoms with van der Waals surface area (Å²) in [6.07, 6.45) is 3.63. The standard InChI is InChI=1S/2C9H9Cl.C9H23N3/c2*1-2-8-5-3-4-6-9(8)7-10;1-10(2)6-8-12(5)9-7-11(3)4/h2*2-6H,1,7H2;6-9H2,1-5H3. The molecule has 0 heterocycles. The molecule has 0 bridgehead atoms. The van der Waals surface area contributed by atoms with Crippen molar-refractivity contribution in [3.8, 4) is 0 Å². The largest absolute Gasteiger partial charge is 0.308 e. The predicted molar refractivity (Wildman–Crippen MR) is 147 cm³/mol. The Morgan fingerprint density at radius 3 is 1.22 bits per heavy atom. The van der Waals surface area contributed by atoms with Gasteiger partial charge in [-0.3, -0.25) is 0 Å². The van der Waals surface area contributed by atoms with Gasteiger partial charge in [0.05, 0.1) is 0 Å². The molecule has 2 aromatic rings. The van der Waals surface area contributed by atoms with E-state index in [2.05, 4.69) is 63.1 Å². The zero-order chi connectivity index (χ0) is 24.4. The topological polar surface area (TPSA) is 9.72 Å². The van der Waals surface area contributed by atoms with Crippen LogP contribution in [0.4, 0.5) is 0 Å². The van der Waals surface area contributed by atoms with Crippen molar-refractivity contribution in [3.63, 3.8) is 0 Å². The van der Waals surface area contributed by atoms with Crippen LogP contribution in [0.15, 0.2) is 61.7 Å². The van der Waals surface area contributed by atoms with Gasteiger partial charge in [0.1, 0.15) is 0 Å². The highest BCUT2D eigenvalue weighted by Crippen LogP contribution is 2.12. The van der Waals surface area contributed by atoms with Crippen LogP contribution in [0.1, 0.15) is 22.3 Å². The van der Waals surface area contributed by atoms with Crippen LogP contribution in [0.25, 0.3) is 12.2 Å². The Labute approximate surface area is 206 Å². The fraction of sp³-hybridized carbons (Fsp3) is 0.407. The number of benzene rings is 2. The summed E-state index contributed by atoms with van der Waals surface area (Å²) in [6, 6.07) is 15.9. The molecular formula is C27H41Cl2N3. The van der Waals surface area contributed by atoms with Gasteiger partial charge in [-0.2, -0.15) is 0 Å². The third-order valence-electron chi connectivity index (χ3n) is 4.70. The first-order chi connectivity index (χ1) is 15.3. The van der Waals surface area contributed by atoms with Gasteiger partial charge in [-0.05, 0) is 57.5 Å². The molecule has 0 atom stereocenters. The second kappa shape index (κ2) is 18.9. The van der Waals surface area contributed by atoms with Crippen LogP contribution in [0.5, 0.6) is 0 Å². The lowest BCUT2D eigenvalue weighted by atomic mass is 10.1. The van der Waals surface area contributed by atoms with Crippen molar-refractivity contribution in [1.82, 2.24) is 14.7 Å². The van der Waals surface area contributed by atoms with Gasteiger partial charge in [0.15, 0.2) is 0 Å². The van der Waals surface area contributed by atoms with Crippen molar-refractivity contribution in [1.29, 1.82) is 0 Å². The van der Waals surface area contributed by atoms with E-state index in [1.54, 1.807) is 0 Å². The Kier molecular flexibility index (Phi) is 17.9. The highest BCUT2D eigenvalue weighted by atomic mass is 35.5. The van der Waals surface area contributed by atoms with Gasteiger partial charge < -0.3 is 14.7 Å². The van der Waals surface area contributed by atoms with E-state index in [1.807, 2.05) is 60.7 Å². The molecule has 32 heavy (non-hydrogen) atoms. The number of hydrogen-bond donors (Lipinski definition) is 0. The summed E-state index contributed by atoms with van der Waals surface area (Å²) in [4.78, 5) is 6.79. The minimum atomic E-state index is 0.558. The van der Waals surface area contributed by atoms with Crippen LogP contribution in [0.3, 0.4) is 0 Å². The highest BCUT2D eigenvalue weighted by molar-refractivity contribution is 6.17.